The summed E-state index contributed by atoms with van der Waals surface area (Å²) in [4.78, 5) is 2.48. The van der Waals surface area contributed by atoms with Crippen LogP contribution in [0.4, 0.5) is 5.69 Å². The van der Waals surface area contributed by atoms with Gasteiger partial charge < -0.3 is 5.32 Å². The highest BCUT2D eigenvalue weighted by atomic mass is 79.9. The number of benzene rings is 1. The van der Waals surface area contributed by atoms with E-state index < -0.39 is 0 Å². The monoisotopic (exact) mass is 383 g/mol. The van der Waals surface area contributed by atoms with Gasteiger partial charge in [-0.05, 0) is 41.1 Å². The minimum Gasteiger partial charge on any atom is -0.379 e. The molecule has 0 aliphatic heterocycles. The molecule has 0 amide bonds. The molecular formula is C12H9BrCl3NS. The number of aryl methyl sites for hydroxylation is 1. The van der Waals surface area contributed by atoms with E-state index in [0.717, 1.165) is 10.2 Å². The van der Waals surface area contributed by atoms with Crippen molar-refractivity contribution in [1.29, 1.82) is 0 Å². The van der Waals surface area contributed by atoms with E-state index in [4.69, 9.17) is 34.8 Å². The van der Waals surface area contributed by atoms with Crippen molar-refractivity contribution in [1.82, 2.24) is 0 Å². The molecule has 0 saturated carbocycles. The van der Waals surface area contributed by atoms with Gasteiger partial charge in [-0.1, -0.05) is 34.8 Å². The molecule has 2 aromatic rings. The molecule has 0 radical (unpaired) electrons. The molecule has 0 aliphatic rings. The summed E-state index contributed by atoms with van der Waals surface area (Å²) >= 11 is 23.2. The van der Waals surface area contributed by atoms with Gasteiger partial charge in [-0.25, -0.2) is 0 Å². The molecule has 0 unspecified atom stereocenters. The molecule has 1 aromatic carbocycles. The first-order valence-electron chi connectivity index (χ1n) is 5.10. The first-order valence-corrected chi connectivity index (χ1v) is 7.85. The lowest BCUT2D eigenvalue weighted by molar-refractivity contribution is 1.19. The van der Waals surface area contributed by atoms with Crippen molar-refractivity contribution < 1.29 is 0 Å². The Balaban J connectivity index is 2.13. The molecule has 1 nitrogen and oxygen atoms in total. The zero-order valence-electron chi connectivity index (χ0n) is 9.36. The van der Waals surface area contributed by atoms with Crippen LogP contribution in [0.5, 0.6) is 0 Å². The lowest BCUT2D eigenvalue weighted by Gasteiger charge is -2.08. The van der Waals surface area contributed by atoms with E-state index in [0.29, 0.717) is 21.6 Å². The first-order chi connectivity index (χ1) is 8.47. The average molecular weight is 386 g/mol. The number of hydrogen-bond acceptors (Lipinski definition) is 2. The van der Waals surface area contributed by atoms with E-state index in [2.05, 4.69) is 34.2 Å². The zero-order chi connectivity index (χ0) is 13.3. The third-order valence-electron chi connectivity index (χ3n) is 2.37. The van der Waals surface area contributed by atoms with Gasteiger partial charge in [-0.2, -0.15) is 0 Å². The van der Waals surface area contributed by atoms with Crippen LogP contribution < -0.4 is 5.32 Å². The molecule has 6 heteroatoms. The molecule has 1 heterocycles. The average Bonchev–Trinajstić information content (AvgIpc) is 2.62. The summed E-state index contributed by atoms with van der Waals surface area (Å²) in [6, 6.07) is 5.48. The van der Waals surface area contributed by atoms with Crippen LogP contribution in [0, 0.1) is 6.92 Å². The predicted octanol–water partition coefficient (Wildman–Crippen LogP) is 6.39. The molecule has 0 fully saturated rings. The highest BCUT2D eigenvalue weighted by Gasteiger charge is 2.07. The van der Waals surface area contributed by atoms with E-state index in [9.17, 15) is 0 Å². The summed E-state index contributed by atoms with van der Waals surface area (Å²) in [5.41, 5.74) is 0.785. The quantitative estimate of drug-likeness (QED) is 0.604. The van der Waals surface area contributed by atoms with Gasteiger partial charge in [0, 0.05) is 20.8 Å². The van der Waals surface area contributed by atoms with Gasteiger partial charge in [0.2, 0.25) is 0 Å². The van der Waals surface area contributed by atoms with Crippen LogP contribution >= 0.6 is 62.1 Å². The Morgan fingerprint density at radius 3 is 2.39 bits per heavy atom. The Kier molecular flexibility index (Phi) is 4.84. The summed E-state index contributed by atoms with van der Waals surface area (Å²) in [7, 11) is 0. The van der Waals surface area contributed by atoms with E-state index in [-0.39, 0.29) is 0 Å². The van der Waals surface area contributed by atoms with Gasteiger partial charge >= 0.3 is 0 Å². The second kappa shape index (κ2) is 6.02. The SMILES string of the molecule is Cc1sc(CNc2cc(Cl)c(Cl)cc2Cl)cc1Br. The number of hydrogen-bond donors (Lipinski definition) is 1. The molecule has 0 atom stereocenters. The van der Waals surface area contributed by atoms with E-state index in [1.807, 2.05) is 0 Å². The second-order valence-corrected chi connectivity index (χ2v) is 7.13. The normalized spacial score (nSPS) is 10.7. The lowest BCUT2D eigenvalue weighted by Crippen LogP contribution is -1.98. The Morgan fingerprint density at radius 1 is 1.11 bits per heavy atom. The molecule has 1 N–H and O–H groups in total. The van der Waals surface area contributed by atoms with Crippen molar-refractivity contribution in [2.24, 2.45) is 0 Å². The number of rotatable bonds is 3. The van der Waals surface area contributed by atoms with Crippen molar-refractivity contribution in [2.45, 2.75) is 13.5 Å². The van der Waals surface area contributed by atoms with Crippen molar-refractivity contribution >= 4 is 67.8 Å². The fourth-order valence-electron chi connectivity index (χ4n) is 1.45. The molecule has 0 bridgehead atoms. The largest absolute Gasteiger partial charge is 0.379 e. The van der Waals surface area contributed by atoms with Crippen molar-refractivity contribution in [2.75, 3.05) is 5.32 Å². The first kappa shape index (κ1) is 14.5. The fourth-order valence-corrected chi connectivity index (χ4v) is 3.60. The minimum absolute atomic E-state index is 0.460. The summed E-state index contributed by atoms with van der Waals surface area (Å²) in [5, 5.41) is 4.77. The second-order valence-electron chi connectivity index (χ2n) is 3.72. The van der Waals surface area contributed by atoms with Gasteiger partial charge in [0.1, 0.15) is 0 Å². The smallest absolute Gasteiger partial charge is 0.0653 e. The number of halogens is 4. The standard InChI is InChI=1S/C12H9BrCl3NS/c1-6-8(13)2-7(18-6)5-17-12-4-10(15)9(14)3-11(12)16/h2-4,17H,5H2,1H3. The van der Waals surface area contributed by atoms with Crippen LogP contribution in [0.15, 0.2) is 22.7 Å². The number of anilines is 1. The van der Waals surface area contributed by atoms with Crippen LogP contribution in [-0.4, -0.2) is 0 Å². The molecule has 18 heavy (non-hydrogen) atoms. The maximum absolute atomic E-state index is 6.09. The van der Waals surface area contributed by atoms with Crippen molar-refractivity contribution in [3.05, 3.63) is 47.5 Å². The molecule has 96 valence electrons. The Bertz CT molecular complexity index is 563. The van der Waals surface area contributed by atoms with Crippen LogP contribution in [-0.2, 0) is 6.54 Å². The topological polar surface area (TPSA) is 12.0 Å². The molecule has 0 saturated heterocycles. The Hall–Kier alpha value is 0.0700. The molecule has 0 spiro atoms. The number of nitrogens with one attached hydrogen (secondary N) is 1. The minimum atomic E-state index is 0.460. The van der Waals surface area contributed by atoms with Crippen LogP contribution in [0.3, 0.4) is 0 Å². The summed E-state index contributed by atoms with van der Waals surface area (Å²) in [6.45, 7) is 2.78. The van der Waals surface area contributed by atoms with Gasteiger partial charge in [0.25, 0.3) is 0 Å². The van der Waals surface area contributed by atoms with Crippen LogP contribution in [0.25, 0.3) is 0 Å². The molecular weight excluding hydrogens is 376 g/mol. The molecule has 2 rings (SSSR count). The molecule has 1 aromatic heterocycles. The summed E-state index contributed by atoms with van der Waals surface area (Å²) in [6.07, 6.45) is 0. The zero-order valence-corrected chi connectivity index (χ0v) is 14.0. The van der Waals surface area contributed by atoms with Crippen molar-refractivity contribution in [3.8, 4) is 0 Å². The fraction of sp³-hybridized carbons (Fsp3) is 0.167. The Labute approximate surface area is 133 Å². The highest BCUT2D eigenvalue weighted by molar-refractivity contribution is 9.10. The lowest BCUT2D eigenvalue weighted by atomic mass is 10.3. The summed E-state index contributed by atoms with van der Waals surface area (Å²) < 4.78 is 1.13. The van der Waals surface area contributed by atoms with E-state index in [1.165, 1.54) is 9.75 Å². The van der Waals surface area contributed by atoms with Gasteiger partial charge in [-0.15, -0.1) is 11.3 Å². The maximum atomic E-state index is 6.09. The van der Waals surface area contributed by atoms with Gasteiger partial charge in [0.15, 0.2) is 0 Å². The highest BCUT2D eigenvalue weighted by Crippen LogP contribution is 2.33. The third kappa shape index (κ3) is 3.34. The maximum Gasteiger partial charge on any atom is 0.0653 e. The van der Waals surface area contributed by atoms with Gasteiger partial charge in [0.05, 0.1) is 20.8 Å². The summed E-state index contributed by atoms with van der Waals surface area (Å²) in [5.74, 6) is 0. The number of thiophene rings is 1. The van der Waals surface area contributed by atoms with Crippen molar-refractivity contribution in [3.63, 3.8) is 0 Å². The van der Waals surface area contributed by atoms with E-state index in [1.54, 1.807) is 23.5 Å². The third-order valence-corrected chi connectivity index (χ3v) is 5.54. The Morgan fingerprint density at radius 2 is 1.78 bits per heavy atom. The van der Waals surface area contributed by atoms with Gasteiger partial charge in [-0.3, -0.25) is 0 Å². The predicted molar refractivity (Wildman–Crippen MR) is 85.6 cm³/mol. The molecule has 0 aliphatic carbocycles. The van der Waals surface area contributed by atoms with E-state index >= 15 is 0 Å². The van der Waals surface area contributed by atoms with Crippen LogP contribution in [0.1, 0.15) is 9.75 Å². The van der Waals surface area contributed by atoms with Crippen LogP contribution in [0.2, 0.25) is 15.1 Å².